The molecular formula is C16H19N5O6. The Balaban J connectivity index is 1.76. The molecule has 5 N–H and O–H groups in total. The van der Waals surface area contributed by atoms with Crippen LogP contribution in [0.15, 0.2) is 56.5 Å². The Kier molecular flexibility index (Phi) is 5.76. The number of aliphatic hydroxyl groups is 3. The molecule has 3 rings (SSSR count). The van der Waals surface area contributed by atoms with Crippen molar-refractivity contribution in [1.82, 2.24) is 9.55 Å². The molecule has 0 aliphatic carbocycles. The number of hydrogen-bond acceptors (Lipinski definition) is 8. The van der Waals surface area contributed by atoms with Gasteiger partial charge in [0.15, 0.2) is 6.23 Å². The minimum absolute atomic E-state index is 0.107. The molecule has 1 fully saturated rings. The number of aromatic amines is 1. The highest BCUT2D eigenvalue weighted by Gasteiger charge is 2.43. The van der Waals surface area contributed by atoms with E-state index >= 15 is 0 Å². The largest absolute Gasteiger partial charge is 0.394 e. The van der Waals surface area contributed by atoms with Crippen LogP contribution in [0.5, 0.6) is 0 Å². The smallest absolute Gasteiger partial charge is 0.330 e. The number of anilines is 1. The van der Waals surface area contributed by atoms with Crippen molar-refractivity contribution in [2.24, 2.45) is 10.3 Å². The normalized spacial score (nSPS) is 25.1. The summed E-state index contributed by atoms with van der Waals surface area (Å²) in [7, 11) is 0. The molecule has 1 saturated heterocycles. The van der Waals surface area contributed by atoms with E-state index < -0.39 is 42.4 Å². The van der Waals surface area contributed by atoms with Crippen LogP contribution >= 0.6 is 0 Å². The quantitative estimate of drug-likeness (QED) is 0.323. The van der Waals surface area contributed by atoms with Crippen LogP contribution in [0.3, 0.4) is 0 Å². The molecule has 2 aromatic rings. The average molecular weight is 377 g/mol. The van der Waals surface area contributed by atoms with E-state index in [1.165, 1.54) is 0 Å². The van der Waals surface area contributed by atoms with Gasteiger partial charge in [-0.25, -0.2) is 4.79 Å². The van der Waals surface area contributed by atoms with Crippen molar-refractivity contribution in [2.75, 3.05) is 12.0 Å². The van der Waals surface area contributed by atoms with Crippen LogP contribution in [0.1, 0.15) is 11.8 Å². The maximum atomic E-state index is 12.0. The van der Waals surface area contributed by atoms with E-state index in [-0.39, 0.29) is 5.69 Å². The topological polar surface area (TPSA) is 162 Å². The summed E-state index contributed by atoms with van der Waals surface area (Å²) in [5, 5.41) is 36.6. The van der Waals surface area contributed by atoms with Gasteiger partial charge in [0, 0.05) is 6.20 Å². The molecule has 2 heterocycles. The van der Waals surface area contributed by atoms with Gasteiger partial charge >= 0.3 is 5.69 Å². The van der Waals surface area contributed by atoms with Crippen molar-refractivity contribution in [1.29, 1.82) is 0 Å². The first-order valence-corrected chi connectivity index (χ1v) is 8.15. The van der Waals surface area contributed by atoms with Crippen molar-refractivity contribution < 1.29 is 20.1 Å². The molecule has 27 heavy (non-hydrogen) atoms. The highest BCUT2D eigenvalue weighted by molar-refractivity contribution is 5.36. The molecule has 0 amide bonds. The average Bonchev–Trinajstić information content (AvgIpc) is 2.95. The molecule has 0 unspecified atom stereocenters. The van der Waals surface area contributed by atoms with Crippen molar-refractivity contribution in [3.8, 4) is 0 Å². The predicted molar refractivity (Wildman–Crippen MR) is 93.0 cm³/mol. The lowest BCUT2D eigenvalue weighted by molar-refractivity contribution is -0.0549. The summed E-state index contributed by atoms with van der Waals surface area (Å²) in [6.07, 6.45) is -4.06. The third-order valence-corrected chi connectivity index (χ3v) is 4.10. The molecule has 1 aromatic carbocycles. The lowest BCUT2D eigenvalue weighted by atomic mass is 10.1. The zero-order chi connectivity index (χ0) is 19.4. The first-order valence-electron chi connectivity index (χ1n) is 8.15. The molecule has 1 aromatic heterocycles. The Morgan fingerprint density at radius 3 is 2.59 bits per heavy atom. The van der Waals surface area contributed by atoms with Crippen LogP contribution in [0.25, 0.3) is 0 Å². The number of hydrogen-bond donors (Lipinski definition) is 5. The van der Waals surface area contributed by atoms with Crippen molar-refractivity contribution in [3.05, 3.63) is 62.9 Å². The number of aliphatic hydroxyl groups excluding tert-OH is 3. The van der Waals surface area contributed by atoms with Gasteiger partial charge in [-0.15, -0.1) is 0 Å². The van der Waals surface area contributed by atoms with E-state index in [9.17, 15) is 19.8 Å². The lowest BCUT2D eigenvalue weighted by Gasteiger charge is -2.17. The summed E-state index contributed by atoms with van der Waals surface area (Å²) in [5.74, 6) is 0. The van der Waals surface area contributed by atoms with E-state index in [1.807, 2.05) is 30.3 Å². The summed E-state index contributed by atoms with van der Waals surface area (Å²) in [6, 6.07) is 9.33. The summed E-state index contributed by atoms with van der Waals surface area (Å²) in [5.41, 5.74) is 1.67. The van der Waals surface area contributed by atoms with Gasteiger partial charge < -0.3 is 20.1 Å². The Hall–Kier alpha value is -2.86. The first kappa shape index (κ1) is 18.9. The van der Waals surface area contributed by atoms with E-state index in [0.29, 0.717) is 6.54 Å². The fourth-order valence-electron chi connectivity index (χ4n) is 2.65. The third kappa shape index (κ3) is 4.11. The van der Waals surface area contributed by atoms with Crippen LogP contribution in [0, 0.1) is 0 Å². The van der Waals surface area contributed by atoms with Crippen LogP contribution < -0.4 is 16.7 Å². The molecule has 1 aliphatic heterocycles. The summed E-state index contributed by atoms with van der Waals surface area (Å²) < 4.78 is 6.19. The minimum atomic E-state index is -1.46. The molecule has 0 spiro atoms. The van der Waals surface area contributed by atoms with Crippen molar-refractivity contribution in [2.45, 2.75) is 31.1 Å². The van der Waals surface area contributed by atoms with Crippen LogP contribution in [0.4, 0.5) is 5.69 Å². The maximum Gasteiger partial charge on any atom is 0.330 e. The number of aromatic nitrogens is 2. The first-order chi connectivity index (χ1) is 13.0. The molecule has 1 aliphatic rings. The Morgan fingerprint density at radius 1 is 1.19 bits per heavy atom. The number of rotatable bonds is 6. The van der Waals surface area contributed by atoms with Gasteiger partial charge in [0.2, 0.25) is 0 Å². The van der Waals surface area contributed by atoms with Crippen molar-refractivity contribution in [3.63, 3.8) is 0 Å². The van der Waals surface area contributed by atoms with Gasteiger partial charge in [-0.1, -0.05) is 35.6 Å². The molecule has 4 atom stereocenters. The van der Waals surface area contributed by atoms with Crippen LogP contribution in [0.2, 0.25) is 0 Å². The van der Waals surface area contributed by atoms with E-state index in [4.69, 9.17) is 9.84 Å². The lowest BCUT2D eigenvalue weighted by Crippen LogP contribution is -2.38. The second kappa shape index (κ2) is 8.22. The monoisotopic (exact) mass is 377 g/mol. The number of ether oxygens (including phenoxy) is 1. The number of benzene rings is 1. The zero-order valence-corrected chi connectivity index (χ0v) is 14.1. The Labute approximate surface area is 152 Å². The minimum Gasteiger partial charge on any atom is -0.394 e. The Morgan fingerprint density at radius 2 is 1.93 bits per heavy atom. The van der Waals surface area contributed by atoms with E-state index in [1.54, 1.807) is 0 Å². The molecule has 0 radical (unpaired) electrons. The van der Waals surface area contributed by atoms with Gasteiger partial charge in [0.05, 0.1) is 13.2 Å². The van der Waals surface area contributed by atoms with Crippen LogP contribution in [-0.4, -0.2) is 49.8 Å². The van der Waals surface area contributed by atoms with E-state index in [0.717, 1.165) is 16.3 Å². The second-order valence-corrected chi connectivity index (χ2v) is 5.94. The van der Waals surface area contributed by atoms with Gasteiger partial charge in [-0.2, -0.15) is 5.11 Å². The van der Waals surface area contributed by atoms with Gasteiger partial charge in [-0.3, -0.25) is 19.8 Å². The summed E-state index contributed by atoms with van der Waals surface area (Å²) in [4.78, 5) is 26.0. The highest BCUT2D eigenvalue weighted by atomic mass is 16.6. The Bertz CT molecular complexity index is 912. The van der Waals surface area contributed by atoms with Crippen molar-refractivity contribution >= 4 is 5.69 Å². The molecule has 0 saturated carbocycles. The molecule has 11 heteroatoms. The summed E-state index contributed by atoms with van der Waals surface area (Å²) >= 11 is 0. The van der Waals surface area contributed by atoms with Gasteiger partial charge in [-0.05, 0) is 5.56 Å². The van der Waals surface area contributed by atoms with Gasteiger partial charge in [0.25, 0.3) is 5.56 Å². The molecule has 0 bridgehead atoms. The van der Waals surface area contributed by atoms with E-state index in [2.05, 4.69) is 20.7 Å². The maximum absolute atomic E-state index is 12.0. The fraction of sp³-hybridized carbons (Fsp3) is 0.375. The third-order valence-electron chi connectivity index (χ3n) is 4.10. The predicted octanol–water partition coefficient (Wildman–Crippen LogP) is -0.873. The standard InChI is InChI=1S/C16H19N5O6/c22-8-11-12(23)13(24)15(27-11)21-7-10(14(25)18-16(21)26)19-20-17-6-9-4-2-1-3-5-9/h1-5,7,11-13,15,22-24H,6,8H2,(H,17,19)(H,18,25,26)/t11-,12+,13+,15+/m0/s1. The summed E-state index contributed by atoms with van der Waals surface area (Å²) in [6.45, 7) is -0.244. The molecular weight excluding hydrogens is 358 g/mol. The highest BCUT2D eigenvalue weighted by Crippen LogP contribution is 2.28. The SMILES string of the molecule is O=c1[nH]c(=O)n([C@@H]2O[C@@H](CO)[C@@H](O)[C@H]2O)cc1NN=NCc1ccccc1. The fourth-order valence-corrected chi connectivity index (χ4v) is 2.65. The zero-order valence-electron chi connectivity index (χ0n) is 14.1. The number of nitrogens with one attached hydrogen (secondary N) is 2. The second-order valence-electron chi connectivity index (χ2n) is 5.94. The number of H-pyrrole nitrogens is 1. The molecule has 11 nitrogen and oxygen atoms in total. The number of nitrogens with zero attached hydrogens (tertiary/aromatic N) is 3. The molecule has 144 valence electrons. The van der Waals surface area contributed by atoms with Gasteiger partial charge in [0.1, 0.15) is 24.0 Å². The van der Waals surface area contributed by atoms with Crippen LogP contribution in [-0.2, 0) is 11.3 Å².